The molecule has 0 atom stereocenters. The molecule has 5 rings (SSSR count). The van der Waals surface area contributed by atoms with Gasteiger partial charge in [0.2, 0.25) is 0 Å². The molecule has 1 aliphatic rings. The second-order valence-corrected chi connectivity index (χ2v) is 7.93. The molecule has 0 radical (unpaired) electrons. The van der Waals surface area contributed by atoms with E-state index in [1.807, 2.05) is 18.2 Å². The maximum atomic E-state index is 5.11. The Morgan fingerprint density at radius 3 is 1.53 bits per heavy atom. The van der Waals surface area contributed by atoms with Crippen LogP contribution >= 0.6 is 11.8 Å². The summed E-state index contributed by atoms with van der Waals surface area (Å²) < 4.78 is 0. The molecule has 4 aromatic rings. The summed E-state index contributed by atoms with van der Waals surface area (Å²) in [6, 6.07) is 41.8. The number of thioether (sulfide) groups is 1. The number of hydrazone groups is 1. The summed E-state index contributed by atoms with van der Waals surface area (Å²) in [5, 5.41) is 8.18. The van der Waals surface area contributed by atoms with Crippen LogP contribution < -0.4 is 5.01 Å². The van der Waals surface area contributed by atoms with E-state index < -0.39 is 0 Å². The van der Waals surface area contributed by atoms with E-state index in [4.69, 9.17) is 5.10 Å². The summed E-state index contributed by atoms with van der Waals surface area (Å²) >= 11 is 1.73. The third-order valence-electron chi connectivity index (χ3n) is 4.92. The Bertz CT molecular complexity index is 1180. The number of hydrogen-bond acceptors (Lipinski definition) is 3. The van der Waals surface area contributed by atoms with Gasteiger partial charge in [0.25, 0.3) is 0 Å². The molecule has 0 fully saturated rings. The van der Waals surface area contributed by atoms with Crippen LogP contribution in [-0.4, -0.2) is 5.04 Å². The summed E-state index contributed by atoms with van der Waals surface area (Å²) in [6.45, 7) is 0. The minimum Gasteiger partial charge on any atom is -0.231 e. The Labute approximate surface area is 181 Å². The minimum atomic E-state index is 0.984. The lowest BCUT2D eigenvalue weighted by atomic mass is 10.1. The quantitative estimate of drug-likeness (QED) is 0.360. The van der Waals surface area contributed by atoms with Crippen molar-refractivity contribution in [2.24, 2.45) is 5.10 Å². The number of rotatable bonds is 4. The van der Waals surface area contributed by atoms with Crippen LogP contribution in [0.1, 0.15) is 16.7 Å². The predicted octanol–water partition coefficient (Wildman–Crippen LogP) is 7.13. The van der Waals surface area contributed by atoms with E-state index in [9.17, 15) is 0 Å². The lowest BCUT2D eigenvalue weighted by Crippen LogP contribution is -2.22. The second kappa shape index (κ2) is 8.44. The van der Waals surface area contributed by atoms with Crippen molar-refractivity contribution < 1.29 is 0 Å². The zero-order valence-corrected chi connectivity index (χ0v) is 17.2. The fraction of sp³-hybridized carbons (Fsp3) is 0. The predicted molar refractivity (Wildman–Crippen MR) is 129 cm³/mol. The highest BCUT2D eigenvalue weighted by atomic mass is 32.2. The SMILES string of the molecule is c1ccc(C2=NN(c3ccccc3)C(c3ccccc3)=C(c3ccccc3)S2)cc1. The Kier molecular flexibility index (Phi) is 5.19. The monoisotopic (exact) mass is 404 g/mol. The molecule has 3 heteroatoms. The van der Waals surface area contributed by atoms with Crippen molar-refractivity contribution >= 4 is 33.1 Å². The average molecular weight is 405 g/mol. The molecule has 0 saturated heterocycles. The van der Waals surface area contributed by atoms with Crippen LogP contribution in [-0.2, 0) is 0 Å². The molecule has 4 aromatic carbocycles. The van der Waals surface area contributed by atoms with Gasteiger partial charge in [-0.15, -0.1) is 0 Å². The number of para-hydroxylation sites is 1. The normalized spacial score (nSPS) is 13.9. The maximum Gasteiger partial charge on any atom is 0.129 e. The topological polar surface area (TPSA) is 15.6 Å². The van der Waals surface area contributed by atoms with E-state index in [2.05, 4.69) is 108 Å². The number of benzene rings is 4. The van der Waals surface area contributed by atoms with Gasteiger partial charge in [-0.1, -0.05) is 121 Å². The molecule has 0 unspecified atom stereocenters. The summed E-state index contributed by atoms with van der Waals surface area (Å²) in [6.07, 6.45) is 0. The van der Waals surface area contributed by atoms with Crippen LogP contribution in [0.2, 0.25) is 0 Å². The fourth-order valence-corrected chi connectivity index (χ4v) is 4.62. The third-order valence-corrected chi connectivity index (χ3v) is 6.07. The third kappa shape index (κ3) is 3.68. The molecule has 0 aromatic heterocycles. The summed E-state index contributed by atoms with van der Waals surface area (Å²) in [5.74, 6) is 0. The lowest BCUT2D eigenvalue weighted by Gasteiger charge is -2.31. The van der Waals surface area contributed by atoms with Crippen molar-refractivity contribution in [3.8, 4) is 0 Å². The van der Waals surface area contributed by atoms with Gasteiger partial charge in [0, 0.05) is 16.0 Å². The molecular formula is C27H20N2S. The second-order valence-electron chi connectivity index (χ2n) is 6.93. The zero-order valence-electron chi connectivity index (χ0n) is 16.3. The first-order valence-corrected chi connectivity index (χ1v) is 10.7. The largest absolute Gasteiger partial charge is 0.231 e. The van der Waals surface area contributed by atoms with Crippen LogP contribution in [0.5, 0.6) is 0 Å². The van der Waals surface area contributed by atoms with E-state index in [0.29, 0.717) is 0 Å². The number of anilines is 1. The van der Waals surface area contributed by atoms with Gasteiger partial charge >= 0.3 is 0 Å². The van der Waals surface area contributed by atoms with E-state index in [1.165, 1.54) is 10.5 Å². The first kappa shape index (κ1) is 18.5. The molecule has 1 heterocycles. The molecule has 0 spiro atoms. The van der Waals surface area contributed by atoms with Crippen molar-refractivity contribution in [3.63, 3.8) is 0 Å². The highest BCUT2D eigenvalue weighted by Gasteiger charge is 2.27. The zero-order chi connectivity index (χ0) is 20.2. The Morgan fingerprint density at radius 2 is 0.967 bits per heavy atom. The highest BCUT2D eigenvalue weighted by molar-refractivity contribution is 8.22. The van der Waals surface area contributed by atoms with Crippen LogP contribution in [0.15, 0.2) is 126 Å². The van der Waals surface area contributed by atoms with E-state index >= 15 is 0 Å². The van der Waals surface area contributed by atoms with Gasteiger partial charge in [-0.05, 0) is 17.7 Å². The van der Waals surface area contributed by atoms with Gasteiger partial charge in [0.15, 0.2) is 0 Å². The molecule has 2 nitrogen and oxygen atoms in total. The van der Waals surface area contributed by atoms with Gasteiger partial charge in [-0.3, -0.25) is 0 Å². The summed E-state index contributed by atoms with van der Waals surface area (Å²) in [7, 11) is 0. The Balaban J connectivity index is 1.76. The standard InChI is InChI=1S/C27H20N2S/c1-5-13-21(14-6-1)25-26(22-15-7-2-8-16-22)30-27(23-17-9-3-10-18-23)28-29(25)24-19-11-4-12-20-24/h1-20H. The van der Waals surface area contributed by atoms with Crippen molar-refractivity contribution in [2.75, 3.05) is 5.01 Å². The lowest BCUT2D eigenvalue weighted by molar-refractivity contribution is 1.10. The van der Waals surface area contributed by atoms with Gasteiger partial charge in [0.05, 0.1) is 11.4 Å². The number of hydrogen-bond donors (Lipinski definition) is 0. The van der Waals surface area contributed by atoms with Gasteiger partial charge in [0.1, 0.15) is 5.04 Å². The van der Waals surface area contributed by atoms with Crippen LogP contribution in [0.3, 0.4) is 0 Å². The van der Waals surface area contributed by atoms with Crippen molar-refractivity contribution in [3.05, 3.63) is 138 Å². The molecule has 0 amide bonds. The van der Waals surface area contributed by atoms with Gasteiger partial charge in [-0.25, -0.2) is 5.01 Å². The average Bonchev–Trinajstić information content (AvgIpc) is 2.85. The molecule has 30 heavy (non-hydrogen) atoms. The molecule has 0 saturated carbocycles. The molecular weight excluding hydrogens is 384 g/mol. The van der Waals surface area contributed by atoms with Crippen LogP contribution in [0.25, 0.3) is 10.6 Å². The van der Waals surface area contributed by atoms with Crippen molar-refractivity contribution in [1.82, 2.24) is 0 Å². The smallest absolute Gasteiger partial charge is 0.129 e. The highest BCUT2D eigenvalue weighted by Crippen LogP contribution is 2.44. The molecule has 0 bridgehead atoms. The molecule has 0 N–H and O–H groups in total. The van der Waals surface area contributed by atoms with E-state index in [-0.39, 0.29) is 0 Å². The number of nitrogens with zero attached hydrogens (tertiary/aromatic N) is 2. The fourth-order valence-electron chi connectivity index (χ4n) is 3.49. The molecule has 144 valence electrons. The molecule has 1 aliphatic heterocycles. The van der Waals surface area contributed by atoms with Crippen molar-refractivity contribution in [2.45, 2.75) is 0 Å². The Hall–Kier alpha value is -3.56. The van der Waals surface area contributed by atoms with E-state index in [1.54, 1.807) is 11.8 Å². The molecule has 0 aliphatic carbocycles. The maximum absolute atomic E-state index is 5.11. The minimum absolute atomic E-state index is 0.984. The summed E-state index contributed by atoms with van der Waals surface area (Å²) in [4.78, 5) is 1.19. The van der Waals surface area contributed by atoms with E-state index in [0.717, 1.165) is 27.6 Å². The summed E-state index contributed by atoms with van der Waals surface area (Å²) in [5.41, 5.74) is 5.58. The van der Waals surface area contributed by atoms with Gasteiger partial charge in [-0.2, -0.15) is 5.10 Å². The first-order valence-electron chi connectivity index (χ1n) is 9.92. The van der Waals surface area contributed by atoms with Crippen LogP contribution in [0.4, 0.5) is 5.69 Å². The van der Waals surface area contributed by atoms with Crippen molar-refractivity contribution in [1.29, 1.82) is 0 Å². The first-order chi connectivity index (χ1) is 14.9. The van der Waals surface area contributed by atoms with Crippen LogP contribution in [0, 0.1) is 0 Å². The van der Waals surface area contributed by atoms with Gasteiger partial charge < -0.3 is 0 Å². The Morgan fingerprint density at radius 1 is 0.500 bits per heavy atom.